The van der Waals surface area contributed by atoms with Gasteiger partial charge in [0.05, 0.1) is 6.61 Å². The molecule has 23 heavy (non-hydrogen) atoms. The predicted octanol–water partition coefficient (Wildman–Crippen LogP) is 2.43. The summed E-state index contributed by atoms with van der Waals surface area (Å²) in [6.45, 7) is 5.26. The summed E-state index contributed by atoms with van der Waals surface area (Å²) in [5, 5.41) is 15.8. The minimum atomic E-state index is -0.268. The van der Waals surface area contributed by atoms with Crippen LogP contribution in [0.5, 0.6) is 0 Å². The second kappa shape index (κ2) is 7.99. The molecule has 0 aliphatic carbocycles. The summed E-state index contributed by atoms with van der Waals surface area (Å²) in [6, 6.07) is 7.46. The first-order chi connectivity index (χ1) is 11.0. The van der Waals surface area contributed by atoms with Gasteiger partial charge < -0.3 is 25.0 Å². The molecule has 126 valence electrons. The van der Waals surface area contributed by atoms with E-state index in [9.17, 15) is 4.79 Å². The fourth-order valence-corrected chi connectivity index (χ4v) is 2.34. The van der Waals surface area contributed by atoms with E-state index in [1.54, 1.807) is 7.11 Å². The molecule has 1 aromatic heterocycles. The summed E-state index contributed by atoms with van der Waals surface area (Å²) >= 11 is 0. The molecule has 0 aliphatic rings. The molecule has 3 N–H and O–H groups in total. The highest BCUT2D eigenvalue weighted by Crippen LogP contribution is 2.20. The number of urea groups is 1. The van der Waals surface area contributed by atoms with Crippen LogP contribution < -0.4 is 10.6 Å². The Balaban J connectivity index is 2.02. The van der Waals surface area contributed by atoms with Crippen molar-refractivity contribution >= 4 is 22.6 Å². The van der Waals surface area contributed by atoms with Crippen molar-refractivity contribution in [3.05, 3.63) is 30.5 Å². The maximum Gasteiger partial charge on any atom is 0.319 e. The number of hydrogen-bond donors (Lipinski definition) is 3. The molecule has 0 spiro atoms. The predicted molar refractivity (Wildman–Crippen MR) is 91.7 cm³/mol. The summed E-state index contributed by atoms with van der Waals surface area (Å²) in [5.41, 5.74) is 1.85. The maximum absolute atomic E-state index is 12.0. The molecule has 0 aliphatic heterocycles. The molecule has 2 rings (SSSR count). The first-order valence-corrected chi connectivity index (χ1v) is 7.81. The van der Waals surface area contributed by atoms with Crippen molar-refractivity contribution in [3.8, 4) is 0 Å². The van der Waals surface area contributed by atoms with Gasteiger partial charge in [0.15, 0.2) is 0 Å². The molecule has 0 bridgehead atoms. The highest BCUT2D eigenvalue weighted by atomic mass is 16.5. The third-order valence-electron chi connectivity index (χ3n) is 4.07. The molecular weight excluding hydrogens is 294 g/mol. The number of amides is 2. The van der Waals surface area contributed by atoms with Crippen LogP contribution in [-0.4, -0.2) is 42.1 Å². The SMILES string of the molecule is COCCn1ccc2cc(NC(=O)N[C@H](C)[C@H](C)CO)ccc21. The van der Waals surface area contributed by atoms with E-state index in [0.29, 0.717) is 6.61 Å². The van der Waals surface area contributed by atoms with Gasteiger partial charge in [-0.05, 0) is 37.1 Å². The van der Waals surface area contributed by atoms with Gasteiger partial charge in [-0.25, -0.2) is 4.79 Å². The van der Waals surface area contributed by atoms with Crippen LogP contribution in [0.4, 0.5) is 10.5 Å². The van der Waals surface area contributed by atoms with Crippen molar-refractivity contribution in [2.24, 2.45) is 5.92 Å². The number of rotatable bonds is 7. The van der Waals surface area contributed by atoms with Gasteiger partial charge in [0.2, 0.25) is 0 Å². The second-order valence-electron chi connectivity index (χ2n) is 5.82. The number of nitrogens with zero attached hydrogens (tertiary/aromatic N) is 1. The molecule has 2 amide bonds. The van der Waals surface area contributed by atoms with Gasteiger partial charge in [0.25, 0.3) is 0 Å². The Labute approximate surface area is 136 Å². The average Bonchev–Trinajstić information content (AvgIpc) is 2.94. The first kappa shape index (κ1) is 17.3. The summed E-state index contributed by atoms with van der Waals surface area (Å²) in [7, 11) is 1.69. The van der Waals surface area contributed by atoms with Crippen LogP contribution in [0.2, 0.25) is 0 Å². The molecule has 2 atom stereocenters. The molecule has 6 heteroatoms. The molecule has 0 fully saturated rings. The fourth-order valence-electron chi connectivity index (χ4n) is 2.34. The van der Waals surface area contributed by atoms with Gasteiger partial charge in [-0.3, -0.25) is 0 Å². The molecule has 0 radical (unpaired) electrons. The smallest absolute Gasteiger partial charge is 0.319 e. The van der Waals surface area contributed by atoms with Crippen LogP contribution in [0.1, 0.15) is 13.8 Å². The standard InChI is InChI=1S/C17H25N3O3/c1-12(11-21)13(2)18-17(22)19-15-4-5-16-14(10-15)6-7-20(16)8-9-23-3/h4-7,10,12-13,21H,8-9,11H2,1-3H3,(H2,18,19,22)/t12-,13-/m1/s1. The minimum absolute atomic E-state index is 0.0121. The molecule has 0 saturated heterocycles. The lowest BCUT2D eigenvalue weighted by molar-refractivity contribution is 0.188. The van der Waals surface area contributed by atoms with Gasteiger partial charge >= 0.3 is 6.03 Å². The largest absolute Gasteiger partial charge is 0.396 e. The first-order valence-electron chi connectivity index (χ1n) is 7.81. The number of methoxy groups -OCH3 is 1. The van der Waals surface area contributed by atoms with Crippen molar-refractivity contribution in [1.82, 2.24) is 9.88 Å². The number of nitrogens with one attached hydrogen (secondary N) is 2. The topological polar surface area (TPSA) is 75.5 Å². The number of aromatic nitrogens is 1. The normalized spacial score (nSPS) is 13.7. The molecule has 6 nitrogen and oxygen atoms in total. The van der Waals surface area contributed by atoms with Crippen molar-refractivity contribution in [2.75, 3.05) is 25.6 Å². The summed E-state index contributed by atoms with van der Waals surface area (Å²) in [5.74, 6) is 0.0121. The number of carbonyl (C=O) groups is 1. The Hall–Kier alpha value is -2.05. The number of anilines is 1. The van der Waals surface area contributed by atoms with E-state index in [-0.39, 0.29) is 24.6 Å². The average molecular weight is 319 g/mol. The molecule has 1 heterocycles. The number of fused-ring (bicyclic) bond motifs is 1. The number of ether oxygens (including phenoxy) is 1. The van der Waals surface area contributed by atoms with E-state index in [2.05, 4.69) is 15.2 Å². The number of benzene rings is 1. The van der Waals surface area contributed by atoms with Gasteiger partial charge in [-0.2, -0.15) is 0 Å². The Morgan fingerprint density at radius 2 is 2.13 bits per heavy atom. The molecular formula is C17H25N3O3. The van der Waals surface area contributed by atoms with Crippen LogP contribution in [0.25, 0.3) is 10.9 Å². The van der Waals surface area contributed by atoms with E-state index >= 15 is 0 Å². The Morgan fingerprint density at radius 3 is 2.83 bits per heavy atom. The van der Waals surface area contributed by atoms with Gasteiger partial charge in [0.1, 0.15) is 0 Å². The maximum atomic E-state index is 12.0. The minimum Gasteiger partial charge on any atom is -0.396 e. The van der Waals surface area contributed by atoms with Crippen molar-refractivity contribution in [2.45, 2.75) is 26.4 Å². The number of aliphatic hydroxyl groups is 1. The zero-order chi connectivity index (χ0) is 16.8. The highest BCUT2D eigenvalue weighted by Gasteiger charge is 2.14. The molecule has 2 aromatic rings. The fraction of sp³-hybridized carbons (Fsp3) is 0.471. The van der Waals surface area contributed by atoms with Crippen LogP contribution in [0, 0.1) is 5.92 Å². The summed E-state index contributed by atoms with van der Waals surface area (Å²) in [4.78, 5) is 12.0. The lowest BCUT2D eigenvalue weighted by Gasteiger charge is -2.19. The zero-order valence-corrected chi connectivity index (χ0v) is 13.9. The summed E-state index contributed by atoms with van der Waals surface area (Å²) < 4.78 is 7.22. The molecule has 1 aromatic carbocycles. The third kappa shape index (κ3) is 4.46. The molecule has 0 unspecified atom stereocenters. The van der Waals surface area contributed by atoms with Crippen LogP contribution in [-0.2, 0) is 11.3 Å². The van der Waals surface area contributed by atoms with Crippen LogP contribution >= 0.6 is 0 Å². The Bertz CT molecular complexity index is 654. The number of aliphatic hydroxyl groups excluding tert-OH is 1. The number of hydrogen-bond acceptors (Lipinski definition) is 3. The van der Waals surface area contributed by atoms with E-state index in [4.69, 9.17) is 9.84 Å². The van der Waals surface area contributed by atoms with E-state index in [1.165, 1.54) is 0 Å². The lowest BCUT2D eigenvalue weighted by atomic mass is 10.1. The highest BCUT2D eigenvalue weighted by molar-refractivity contribution is 5.93. The summed E-state index contributed by atoms with van der Waals surface area (Å²) in [6.07, 6.45) is 2.01. The van der Waals surface area contributed by atoms with Gasteiger partial charge in [0, 0.05) is 49.1 Å². The van der Waals surface area contributed by atoms with E-state index < -0.39 is 0 Å². The monoisotopic (exact) mass is 319 g/mol. The van der Waals surface area contributed by atoms with E-state index in [0.717, 1.165) is 23.1 Å². The number of carbonyl (C=O) groups excluding carboxylic acids is 1. The quantitative estimate of drug-likeness (QED) is 0.733. The Morgan fingerprint density at radius 1 is 1.35 bits per heavy atom. The van der Waals surface area contributed by atoms with E-state index in [1.807, 2.05) is 44.3 Å². The van der Waals surface area contributed by atoms with Gasteiger partial charge in [-0.15, -0.1) is 0 Å². The van der Waals surface area contributed by atoms with Crippen molar-refractivity contribution in [1.29, 1.82) is 0 Å². The van der Waals surface area contributed by atoms with Crippen molar-refractivity contribution in [3.63, 3.8) is 0 Å². The second-order valence-corrected chi connectivity index (χ2v) is 5.82. The third-order valence-corrected chi connectivity index (χ3v) is 4.07. The van der Waals surface area contributed by atoms with Crippen LogP contribution in [0.15, 0.2) is 30.5 Å². The van der Waals surface area contributed by atoms with Gasteiger partial charge in [-0.1, -0.05) is 6.92 Å². The van der Waals surface area contributed by atoms with Crippen molar-refractivity contribution < 1.29 is 14.6 Å². The zero-order valence-electron chi connectivity index (χ0n) is 13.9. The lowest BCUT2D eigenvalue weighted by Crippen LogP contribution is -2.40. The Kier molecular flexibility index (Phi) is 6.01. The van der Waals surface area contributed by atoms with Crippen LogP contribution in [0.3, 0.4) is 0 Å². The molecule has 0 saturated carbocycles.